The van der Waals surface area contributed by atoms with Crippen molar-refractivity contribution < 1.29 is 14.3 Å². The van der Waals surface area contributed by atoms with Crippen LogP contribution in [0.5, 0.6) is 0 Å². The number of nitrogens with one attached hydrogen (secondary N) is 2. The number of thiazole rings is 1. The fraction of sp³-hybridized carbons (Fsp3) is 0.292. The van der Waals surface area contributed by atoms with Crippen LogP contribution >= 0.6 is 34.5 Å². The van der Waals surface area contributed by atoms with Crippen LogP contribution in [0.15, 0.2) is 36.4 Å². The summed E-state index contributed by atoms with van der Waals surface area (Å²) in [7, 11) is 0. The summed E-state index contributed by atoms with van der Waals surface area (Å²) in [6, 6.07) is 10.5. The fourth-order valence-electron chi connectivity index (χ4n) is 4.15. The lowest BCUT2D eigenvalue weighted by atomic mass is 9.98. The number of fused-ring (bicyclic) bond motifs is 1. The summed E-state index contributed by atoms with van der Waals surface area (Å²) in [6.45, 7) is 3.05. The number of piperidine rings is 1. The van der Waals surface area contributed by atoms with Crippen molar-refractivity contribution in [1.82, 2.24) is 25.3 Å². The molecule has 0 radical (unpaired) electrons. The van der Waals surface area contributed by atoms with Gasteiger partial charge in [-0.3, -0.25) is 9.89 Å². The number of nitrogens with zero attached hydrogens (tertiary/aromatic N) is 4. The van der Waals surface area contributed by atoms with Gasteiger partial charge in [0.05, 0.1) is 16.2 Å². The van der Waals surface area contributed by atoms with Gasteiger partial charge in [-0.15, -0.1) is 16.4 Å². The number of anilines is 1. The Bertz CT molecular complexity index is 1410. The maximum absolute atomic E-state index is 12.9. The highest BCUT2D eigenvalue weighted by molar-refractivity contribution is 7.14. The molecule has 4 aromatic rings. The second kappa shape index (κ2) is 10.4. The Morgan fingerprint density at radius 3 is 2.67 bits per heavy atom. The Morgan fingerprint density at radius 1 is 1.17 bits per heavy atom. The summed E-state index contributed by atoms with van der Waals surface area (Å²) in [5, 5.41) is 15.3. The van der Waals surface area contributed by atoms with Crippen molar-refractivity contribution in [1.29, 1.82) is 0 Å². The predicted molar refractivity (Wildman–Crippen MR) is 139 cm³/mol. The van der Waals surface area contributed by atoms with E-state index in [1.54, 1.807) is 35.2 Å². The van der Waals surface area contributed by atoms with E-state index >= 15 is 0 Å². The van der Waals surface area contributed by atoms with Crippen molar-refractivity contribution in [2.45, 2.75) is 32.3 Å². The maximum atomic E-state index is 12.9. The van der Waals surface area contributed by atoms with E-state index in [0.29, 0.717) is 44.9 Å². The van der Waals surface area contributed by atoms with Crippen LogP contribution in [0.25, 0.3) is 11.0 Å². The maximum Gasteiger partial charge on any atom is 0.410 e. The van der Waals surface area contributed by atoms with Crippen LogP contribution in [0, 0.1) is 6.92 Å². The SMILES string of the molecule is Cc1nc(C2CCN(C(=O)OCc3cc(Cl)cc(Cl)c3)CC2)sc1C(=O)Nc1ccc2[nH]nnc2c1. The van der Waals surface area contributed by atoms with E-state index in [1.165, 1.54) is 11.3 Å². The van der Waals surface area contributed by atoms with E-state index in [1.807, 2.05) is 13.0 Å². The Kier molecular flexibility index (Phi) is 7.08. The second-order valence-electron chi connectivity index (χ2n) is 8.56. The molecule has 1 fully saturated rings. The molecule has 186 valence electrons. The summed E-state index contributed by atoms with van der Waals surface area (Å²) in [6.07, 6.45) is 1.12. The molecule has 0 unspecified atom stereocenters. The first-order chi connectivity index (χ1) is 17.4. The molecule has 36 heavy (non-hydrogen) atoms. The van der Waals surface area contributed by atoms with Crippen molar-refractivity contribution >= 4 is 63.3 Å². The number of aryl methyl sites for hydroxylation is 1. The number of halogens is 2. The van der Waals surface area contributed by atoms with Crippen molar-refractivity contribution in [3.8, 4) is 0 Å². The zero-order valence-corrected chi connectivity index (χ0v) is 21.6. The minimum absolute atomic E-state index is 0.104. The molecular weight excluding hydrogens is 523 g/mol. The first-order valence-corrected chi connectivity index (χ1v) is 12.9. The van der Waals surface area contributed by atoms with E-state index in [4.69, 9.17) is 27.9 Å². The Hall–Kier alpha value is -3.21. The van der Waals surface area contributed by atoms with Crippen LogP contribution in [0.3, 0.4) is 0 Å². The lowest BCUT2D eigenvalue weighted by Crippen LogP contribution is -2.38. The summed E-state index contributed by atoms with van der Waals surface area (Å²) in [4.78, 5) is 32.4. The number of ether oxygens (including phenoxy) is 1. The van der Waals surface area contributed by atoms with E-state index in [9.17, 15) is 9.59 Å². The van der Waals surface area contributed by atoms with Gasteiger partial charge in [0.25, 0.3) is 5.91 Å². The monoisotopic (exact) mass is 544 g/mol. The molecule has 2 aromatic carbocycles. The molecule has 5 rings (SSSR count). The van der Waals surface area contributed by atoms with E-state index in [0.717, 1.165) is 28.9 Å². The third kappa shape index (κ3) is 5.45. The van der Waals surface area contributed by atoms with Crippen LogP contribution in [-0.2, 0) is 11.3 Å². The van der Waals surface area contributed by atoms with Crippen molar-refractivity contribution in [2.24, 2.45) is 0 Å². The largest absolute Gasteiger partial charge is 0.445 e. The average molecular weight is 545 g/mol. The van der Waals surface area contributed by atoms with Gasteiger partial charge < -0.3 is 15.0 Å². The zero-order chi connectivity index (χ0) is 25.2. The third-order valence-electron chi connectivity index (χ3n) is 5.99. The summed E-state index contributed by atoms with van der Waals surface area (Å²) in [5.41, 5.74) is 3.55. The molecule has 9 nitrogen and oxygen atoms in total. The molecule has 0 spiro atoms. The summed E-state index contributed by atoms with van der Waals surface area (Å²) < 4.78 is 5.44. The Morgan fingerprint density at radius 2 is 1.92 bits per heavy atom. The number of aromatic nitrogens is 4. The number of rotatable bonds is 5. The number of benzene rings is 2. The lowest BCUT2D eigenvalue weighted by molar-refractivity contribution is 0.0870. The van der Waals surface area contributed by atoms with E-state index in [-0.39, 0.29) is 24.5 Å². The van der Waals surface area contributed by atoms with Gasteiger partial charge in [-0.05, 0) is 61.7 Å². The minimum atomic E-state index is -0.371. The zero-order valence-electron chi connectivity index (χ0n) is 19.3. The average Bonchev–Trinajstić information content (AvgIpc) is 3.48. The molecule has 0 atom stereocenters. The molecule has 1 saturated heterocycles. The molecule has 0 saturated carbocycles. The van der Waals surface area contributed by atoms with Gasteiger partial charge in [-0.2, -0.15) is 0 Å². The summed E-state index contributed by atoms with van der Waals surface area (Å²) in [5.74, 6) is -0.0289. The molecule has 2 aromatic heterocycles. The predicted octanol–water partition coefficient (Wildman–Crippen LogP) is 5.80. The number of likely N-dealkylation sites (tertiary alicyclic amines) is 1. The molecule has 3 heterocycles. The highest BCUT2D eigenvalue weighted by Crippen LogP contribution is 2.33. The second-order valence-corrected chi connectivity index (χ2v) is 10.5. The van der Waals surface area contributed by atoms with Gasteiger partial charge in [0.1, 0.15) is 17.0 Å². The fourth-order valence-corrected chi connectivity index (χ4v) is 5.85. The molecule has 0 bridgehead atoms. The number of H-pyrrole nitrogens is 1. The molecule has 2 amide bonds. The van der Waals surface area contributed by atoms with Crippen LogP contribution in [-0.4, -0.2) is 50.4 Å². The van der Waals surface area contributed by atoms with Crippen LogP contribution in [0.4, 0.5) is 10.5 Å². The highest BCUT2D eigenvalue weighted by atomic mass is 35.5. The molecular formula is C24H22Cl2N6O3S. The van der Waals surface area contributed by atoms with Crippen LogP contribution < -0.4 is 5.32 Å². The first-order valence-electron chi connectivity index (χ1n) is 11.3. The first kappa shape index (κ1) is 24.5. The summed E-state index contributed by atoms with van der Waals surface area (Å²) >= 11 is 13.4. The molecule has 0 aliphatic carbocycles. The number of amides is 2. The van der Waals surface area contributed by atoms with Gasteiger partial charge >= 0.3 is 6.09 Å². The topological polar surface area (TPSA) is 113 Å². The van der Waals surface area contributed by atoms with Crippen LogP contribution in [0.1, 0.15) is 44.7 Å². The quantitative estimate of drug-likeness (QED) is 0.328. The normalized spacial score (nSPS) is 14.2. The number of hydrogen-bond donors (Lipinski definition) is 2. The Balaban J connectivity index is 1.16. The van der Waals surface area contributed by atoms with E-state index in [2.05, 4.69) is 25.7 Å². The van der Waals surface area contributed by atoms with Gasteiger partial charge in [-0.25, -0.2) is 9.78 Å². The number of hydrogen-bond acceptors (Lipinski definition) is 7. The van der Waals surface area contributed by atoms with Gasteiger partial charge in [-0.1, -0.05) is 28.4 Å². The van der Waals surface area contributed by atoms with Gasteiger partial charge in [0.15, 0.2) is 0 Å². The van der Waals surface area contributed by atoms with Crippen molar-refractivity contribution in [2.75, 3.05) is 18.4 Å². The van der Waals surface area contributed by atoms with Crippen molar-refractivity contribution in [3.63, 3.8) is 0 Å². The van der Waals surface area contributed by atoms with Crippen molar-refractivity contribution in [3.05, 3.63) is 67.6 Å². The molecule has 2 N–H and O–H groups in total. The number of carbonyl (C=O) groups is 2. The van der Waals surface area contributed by atoms with Crippen LogP contribution in [0.2, 0.25) is 10.0 Å². The number of aromatic amines is 1. The third-order valence-corrected chi connectivity index (χ3v) is 7.75. The minimum Gasteiger partial charge on any atom is -0.445 e. The highest BCUT2D eigenvalue weighted by Gasteiger charge is 2.28. The molecule has 12 heteroatoms. The number of carbonyl (C=O) groups excluding carboxylic acids is 2. The standard InChI is InChI=1S/C24H22Cl2N6O3S/c1-13-21(22(33)28-18-2-3-19-20(11-18)30-31-29-19)36-23(27-13)15-4-6-32(7-5-15)24(34)35-12-14-8-16(25)10-17(26)9-14/h2-3,8-11,15H,4-7,12H2,1H3,(H,28,33)(H,29,30,31). The van der Waals surface area contributed by atoms with Gasteiger partial charge in [0.2, 0.25) is 0 Å². The Labute approximate surface area is 220 Å². The smallest absolute Gasteiger partial charge is 0.410 e. The van der Waals surface area contributed by atoms with Gasteiger partial charge in [0, 0.05) is 34.7 Å². The molecule has 1 aliphatic rings. The lowest BCUT2D eigenvalue weighted by Gasteiger charge is -2.30. The molecule has 1 aliphatic heterocycles. The van der Waals surface area contributed by atoms with E-state index < -0.39 is 0 Å².